The Bertz CT molecular complexity index is 644. The van der Waals surface area contributed by atoms with E-state index in [-0.39, 0.29) is 17.5 Å². The van der Waals surface area contributed by atoms with Gasteiger partial charge in [-0.1, -0.05) is 6.58 Å². The molecule has 2 rings (SSSR count). The average molecular weight is 370 g/mol. The molecule has 2 aliphatic rings. The van der Waals surface area contributed by atoms with Gasteiger partial charge in [0, 0.05) is 6.42 Å². The fraction of sp³-hybridized carbons (Fsp3) is 0.692. The van der Waals surface area contributed by atoms with Crippen molar-refractivity contribution in [2.24, 2.45) is 5.92 Å². The molecule has 3 unspecified atom stereocenters. The van der Waals surface area contributed by atoms with Gasteiger partial charge in [-0.15, -0.1) is 0 Å². The van der Waals surface area contributed by atoms with E-state index in [1.165, 1.54) is 0 Å². The van der Waals surface area contributed by atoms with Crippen LogP contribution < -0.4 is 0 Å². The first-order chi connectivity index (χ1) is 11.0. The predicted molar refractivity (Wildman–Crippen MR) is 73.6 cm³/mol. The van der Waals surface area contributed by atoms with Crippen molar-refractivity contribution in [3.8, 4) is 0 Å². The summed E-state index contributed by atoms with van der Waals surface area (Å²) in [6.45, 7) is 0.974. The number of carbonyl (C=O) groups excluding carboxylic acids is 2. The minimum Gasteiger partial charge on any atom is -0.458 e. The SMILES string of the molecule is C=C(COCC(F)(F)S(=O)(=O)O)C(=O)OC1CCC2CC1OC2=O. The third-order valence-corrected chi connectivity index (χ3v) is 4.68. The molecule has 1 saturated heterocycles. The third-order valence-electron chi connectivity index (χ3n) is 3.80. The molecule has 24 heavy (non-hydrogen) atoms. The number of carbonyl (C=O) groups is 2. The van der Waals surface area contributed by atoms with Crippen molar-refractivity contribution in [3.05, 3.63) is 12.2 Å². The molecule has 1 heterocycles. The van der Waals surface area contributed by atoms with E-state index >= 15 is 0 Å². The van der Waals surface area contributed by atoms with Gasteiger partial charge in [0.1, 0.15) is 18.8 Å². The lowest BCUT2D eigenvalue weighted by Gasteiger charge is -2.25. The maximum absolute atomic E-state index is 12.9. The largest absolute Gasteiger partial charge is 0.458 e. The maximum atomic E-state index is 12.9. The molecule has 11 heteroatoms. The van der Waals surface area contributed by atoms with Gasteiger partial charge in [0.15, 0.2) is 0 Å². The van der Waals surface area contributed by atoms with Gasteiger partial charge in [0.25, 0.3) is 0 Å². The van der Waals surface area contributed by atoms with Gasteiger partial charge >= 0.3 is 27.3 Å². The highest BCUT2D eigenvalue weighted by atomic mass is 32.2. The lowest BCUT2D eigenvalue weighted by molar-refractivity contribution is -0.158. The highest BCUT2D eigenvalue weighted by Gasteiger charge is 2.46. The van der Waals surface area contributed by atoms with Crippen LogP contribution in [0.15, 0.2) is 12.2 Å². The lowest BCUT2D eigenvalue weighted by atomic mass is 9.88. The quantitative estimate of drug-likeness (QED) is 0.395. The Morgan fingerprint density at radius 2 is 2.08 bits per heavy atom. The Balaban J connectivity index is 1.79. The van der Waals surface area contributed by atoms with Gasteiger partial charge in [-0.2, -0.15) is 17.2 Å². The van der Waals surface area contributed by atoms with Crippen molar-refractivity contribution >= 4 is 22.1 Å². The molecule has 136 valence electrons. The van der Waals surface area contributed by atoms with Crippen LogP contribution in [0, 0.1) is 5.92 Å². The standard InChI is InChI=1S/C13H16F2O8S/c1-7(5-21-6-13(14,15)24(18,19)20)11(16)22-9-3-2-8-4-10(9)23-12(8)17/h8-10H,1-6H2,(H,18,19,20). The lowest BCUT2D eigenvalue weighted by Crippen LogP contribution is -2.35. The van der Waals surface area contributed by atoms with Crippen molar-refractivity contribution in [2.75, 3.05) is 13.2 Å². The van der Waals surface area contributed by atoms with Crippen LogP contribution in [0.25, 0.3) is 0 Å². The second-order valence-corrected chi connectivity index (χ2v) is 7.19. The molecule has 0 amide bonds. The molecule has 0 aromatic rings. The van der Waals surface area contributed by atoms with Gasteiger partial charge in [-0.05, 0) is 12.8 Å². The van der Waals surface area contributed by atoms with Crippen LogP contribution in [0.2, 0.25) is 0 Å². The first kappa shape index (κ1) is 18.7. The Hall–Kier alpha value is -1.59. The highest BCUT2D eigenvalue weighted by molar-refractivity contribution is 7.86. The van der Waals surface area contributed by atoms with Crippen LogP contribution in [0.3, 0.4) is 0 Å². The molecule has 1 aliphatic carbocycles. The Morgan fingerprint density at radius 3 is 2.71 bits per heavy atom. The second kappa shape index (κ2) is 6.73. The van der Waals surface area contributed by atoms with Gasteiger partial charge < -0.3 is 14.2 Å². The van der Waals surface area contributed by atoms with Crippen LogP contribution in [0.4, 0.5) is 8.78 Å². The zero-order chi connectivity index (χ0) is 18.1. The first-order valence-corrected chi connectivity index (χ1v) is 8.47. The van der Waals surface area contributed by atoms with Crippen LogP contribution in [-0.4, -0.2) is 55.6 Å². The van der Waals surface area contributed by atoms with Crippen LogP contribution >= 0.6 is 0 Å². The normalized spacial score (nSPS) is 26.8. The summed E-state index contributed by atoms with van der Waals surface area (Å²) in [6.07, 6.45) is 0.243. The second-order valence-electron chi connectivity index (χ2n) is 5.64. The molecule has 1 aliphatic heterocycles. The number of fused-ring (bicyclic) bond motifs is 2. The van der Waals surface area contributed by atoms with Crippen LogP contribution in [-0.2, 0) is 33.9 Å². The minimum absolute atomic E-state index is 0.181. The van der Waals surface area contributed by atoms with E-state index in [0.717, 1.165) is 0 Å². The minimum atomic E-state index is -5.61. The summed E-state index contributed by atoms with van der Waals surface area (Å²) in [5, 5.41) is -4.49. The van der Waals surface area contributed by atoms with E-state index in [9.17, 15) is 26.8 Å². The molecule has 3 atom stereocenters. The Morgan fingerprint density at radius 1 is 1.42 bits per heavy atom. The van der Waals surface area contributed by atoms with Gasteiger partial charge in [0.2, 0.25) is 0 Å². The number of esters is 2. The zero-order valence-corrected chi connectivity index (χ0v) is 13.3. The number of alkyl halides is 2. The van der Waals surface area contributed by atoms with Gasteiger partial charge in [-0.25, -0.2) is 4.79 Å². The fourth-order valence-electron chi connectivity index (χ4n) is 2.47. The topological polar surface area (TPSA) is 116 Å². The fourth-order valence-corrected chi connectivity index (χ4v) is 2.70. The summed E-state index contributed by atoms with van der Waals surface area (Å²) in [5.41, 5.74) is -0.312. The maximum Gasteiger partial charge on any atom is 0.392 e. The van der Waals surface area contributed by atoms with Crippen molar-refractivity contribution in [2.45, 2.75) is 36.7 Å². The van der Waals surface area contributed by atoms with Gasteiger partial charge in [-0.3, -0.25) is 9.35 Å². The molecule has 1 saturated carbocycles. The molecule has 1 N–H and O–H groups in total. The predicted octanol–water partition coefficient (Wildman–Crippen LogP) is 0.677. The number of hydrogen-bond acceptors (Lipinski definition) is 7. The molecular weight excluding hydrogens is 354 g/mol. The molecule has 2 fully saturated rings. The zero-order valence-electron chi connectivity index (χ0n) is 12.4. The van der Waals surface area contributed by atoms with Crippen molar-refractivity contribution in [1.82, 2.24) is 0 Å². The Kier molecular flexibility index (Phi) is 5.25. The summed E-state index contributed by atoms with van der Waals surface area (Å²) < 4.78 is 69.6. The molecule has 2 bridgehead atoms. The Labute approximate surface area is 136 Å². The molecule has 0 spiro atoms. The van der Waals surface area contributed by atoms with E-state index < -0.39 is 46.8 Å². The van der Waals surface area contributed by atoms with Crippen molar-refractivity contribution in [1.29, 1.82) is 0 Å². The molecule has 0 aromatic heterocycles. The summed E-state index contributed by atoms with van der Waals surface area (Å²) in [5.74, 6) is -1.43. The highest BCUT2D eigenvalue weighted by Crippen LogP contribution is 2.36. The van der Waals surface area contributed by atoms with E-state index in [1.54, 1.807) is 0 Å². The van der Waals surface area contributed by atoms with E-state index in [0.29, 0.717) is 19.3 Å². The van der Waals surface area contributed by atoms with Crippen LogP contribution in [0.5, 0.6) is 0 Å². The van der Waals surface area contributed by atoms with E-state index in [1.807, 2.05) is 0 Å². The number of rotatable bonds is 7. The number of hydrogen-bond donors (Lipinski definition) is 1. The number of ether oxygens (including phenoxy) is 3. The van der Waals surface area contributed by atoms with Gasteiger partial charge in [0.05, 0.1) is 18.1 Å². The smallest absolute Gasteiger partial charge is 0.392 e. The average Bonchev–Trinajstić information content (AvgIpc) is 2.76. The number of halogens is 2. The molecular formula is C13H16F2O8S. The molecule has 0 radical (unpaired) electrons. The summed E-state index contributed by atoms with van der Waals surface area (Å²) >= 11 is 0. The molecule has 8 nitrogen and oxygen atoms in total. The molecule has 0 aromatic carbocycles. The third kappa shape index (κ3) is 4.08. The van der Waals surface area contributed by atoms with E-state index in [4.69, 9.17) is 14.0 Å². The summed E-state index contributed by atoms with van der Waals surface area (Å²) in [4.78, 5) is 23.2. The van der Waals surface area contributed by atoms with Crippen molar-refractivity contribution < 1.29 is 45.6 Å². The first-order valence-electron chi connectivity index (χ1n) is 7.03. The van der Waals surface area contributed by atoms with E-state index in [2.05, 4.69) is 11.3 Å². The summed E-state index contributed by atoms with van der Waals surface area (Å²) in [6, 6.07) is 0. The van der Waals surface area contributed by atoms with Crippen molar-refractivity contribution in [3.63, 3.8) is 0 Å². The van der Waals surface area contributed by atoms with Crippen LogP contribution in [0.1, 0.15) is 19.3 Å². The summed E-state index contributed by atoms with van der Waals surface area (Å²) in [7, 11) is -5.61. The monoisotopic (exact) mass is 370 g/mol.